The van der Waals surface area contributed by atoms with Gasteiger partial charge in [-0.25, -0.2) is 4.98 Å². The van der Waals surface area contributed by atoms with Crippen molar-refractivity contribution in [1.82, 2.24) is 4.98 Å². The maximum atomic E-state index is 10.1. The summed E-state index contributed by atoms with van der Waals surface area (Å²) < 4.78 is 6.83. The molecule has 1 aliphatic heterocycles. The molecule has 0 amide bonds. The van der Waals surface area contributed by atoms with Crippen LogP contribution in [0.15, 0.2) is 34.2 Å². The molecule has 0 fully saturated rings. The van der Waals surface area contributed by atoms with E-state index in [9.17, 15) is 5.11 Å². The maximum absolute atomic E-state index is 10.1. The Bertz CT molecular complexity index is 529. The second kappa shape index (κ2) is 4.40. The molecule has 2 atom stereocenters. The number of aromatic nitrogens is 1. The van der Waals surface area contributed by atoms with E-state index in [1.807, 2.05) is 23.6 Å². The van der Waals surface area contributed by atoms with Gasteiger partial charge in [-0.15, -0.1) is 11.3 Å². The van der Waals surface area contributed by atoms with Crippen LogP contribution in [0.4, 0.5) is 0 Å². The second-order valence-corrected chi connectivity index (χ2v) is 5.75. The third-order valence-corrected chi connectivity index (χ3v) is 4.13. The predicted molar refractivity (Wildman–Crippen MR) is 69.2 cm³/mol. The summed E-state index contributed by atoms with van der Waals surface area (Å²) in [6, 6.07) is 5.69. The minimum absolute atomic E-state index is 0.146. The van der Waals surface area contributed by atoms with Gasteiger partial charge in [0.1, 0.15) is 10.8 Å². The van der Waals surface area contributed by atoms with Crippen LogP contribution in [-0.4, -0.2) is 10.1 Å². The highest BCUT2D eigenvalue weighted by Crippen LogP contribution is 2.42. The van der Waals surface area contributed by atoms with Gasteiger partial charge in [0.25, 0.3) is 0 Å². The van der Waals surface area contributed by atoms with Crippen LogP contribution in [0.3, 0.4) is 0 Å². The molecule has 0 radical (unpaired) electrons. The molecule has 88 valence electrons. The smallest absolute Gasteiger partial charge is 0.153 e. The molecule has 0 bridgehead atoms. The summed E-state index contributed by atoms with van der Waals surface area (Å²) >= 11 is 4.96. The number of halogens is 1. The molecule has 0 aliphatic carbocycles. The number of thiazole rings is 1. The number of rotatable bonds is 1. The van der Waals surface area contributed by atoms with Gasteiger partial charge in [0, 0.05) is 28.0 Å². The van der Waals surface area contributed by atoms with Crippen LogP contribution in [0.1, 0.15) is 29.2 Å². The third kappa shape index (κ3) is 2.10. The Morgan fingerprint density at radius 1 is 1.47 bits per heavy atom. The van der Waals surface area contributed by atoms with Crippen LogP contribution in [0.2, 0.25) is 0 Å². The molecule has 0 saturated heterocycles. The van der Waals surface area contributed by atoms with Crippen molar-refractivity contribution in [3.8, 4) is 5.75 Å². The summed E-state index contributed by atoms with van der Waals surface area (Å²) in [7, 11) is 0. The van der Waals surface area contributed by atoms with Crippen LogP contribution < -0.4 is 4.74 Å². The molecule has 17 heavy (non-hydrogen) atoms. The van der Waals surface area contributed by atoms with E-state index in [2.05, 4.69) is 20.9 Å². The predicted octanol–water partition coefficient (Wildman–Crippen LogP) is 3.46. The summed E-state index contributed by atoms with van der Waals surface area (Å²) in [6.07, 6.45) is 1.68. The Balaban J connectivity index is 1.97. The van der Waals surface area contributed by atoms with Crippen LogP contribution in [0, 0.1) is 0 Å². The number of aliphatic hydroxyl groups is 1. The van der Waals surface area contributed by atoms with Gasteiger partial charge in [-0.3, -0.25) is 0 Å². The molecular formula is C12H10BrNO2S. The number of nitrogens with zero attached hydrogens (tertiary/aromatic N) is 1. The number of hydrogen-bond acceptors (Lipinski definition) is 4. The Morgan fingerprint density at radius 3 is 3.12 bits per heavy atom. The largest absolute Gasteiger partial charge is 0.483 e. The molecule has 1 aliphatic rings. The zero-order chi connectivity index (χ0) is 11.8. The number of fused-ring (bicyclic) bond motifs is 1. The fourth-order valence-electron chi connectivity index (χ4n) is 1.96. The van der Waals surface area contributed by atoms with Crippen LogP contribution in [0.25, 0.3) is 0 Å². The Hall–Kier alpha value is -0.910. The van der Waals surface area contributed by atoms with Crippen molar-refractivity contribution in [2.75, 3.05) is 0 Å². The first-order valence-corrected chi connectivity index (χ1v) is 6.95. The minimum atomic E-state index is -0.485. The number of aliphatic hydroxyl groups excluding tert-OH is 1. The average molecular weight is 312 g/mol. The van der Waals surface area contributed by atoms with Crippen LogP contribution in [0.5, 0.6) is 5.75 Å². The van der Waals surface area contributed by atoms with Crippen molar-refractivity contribution in [2.45, 2.75) is 18.6 Å². The Labute approximate surface area is 111 Å². The third-order valence-electron chi connectivity index (χ3n) is 2.77. The van der Waals surface area contributed by atoms with Crippen molar-refractivity contribution >= 4 is 27.3 Å². The van der Waals surface area contributed by atoms with Crippen molar-refractivity contribution < 1.29 is 9.84 Å². The van der Waals surface area contributed by atoms with E-state index in [0.717, 1.165) is 20.8 Å². The summed E-state index contributed by atoms with van der Waals surface area (Å²) in [5, 5.41) is 12.9. The van der Waals surface area contributed by atoms with E-state index in [0.29, 0.717) is 6.42 Å². The number of ether oxygens (including phenoxy) is 1. The van der Waals surface area contributed by atoms with E-state index in [1.165, 1.54) is 0 Å². The minimum Gasteiger partial charge on any atom is -0.483 e. The monoisotopic (exact) mass is 311 g/mol. The van der Waals surface area contributed by atoms with Gasteiger partial charge in [0.05, 0.1) is 6.10 Å². The van der Waals surface area contributed by atoms with E-state index < -0.39 is 6.10 Å². The van der Waals surface area contributed by atoms with E-state index in [-0.39, 0.29) is 6.10 Å². The van der Waals surface area contributed by atoms with Crippen molar-refractivity contribution in [1.29, 1.82) is 0 Å². The zero-order valence-corrected chi connectivity index (χ0v) is 11.2. The lowest BCUT2D eigenvalue weighted by Crippen LogP contribution is -2.18. The van der Waals surface area contributed by atoms with E-state index in [4.69, 9.17) is 4.74 Å². The molecule has 1 unspecified atom stereocenters. The number of hydrogen-bond donors (Lipinski definition) is 1. The molecule has 0 saturated carbocycles. The summed E-state index contributed by atoms with van der Waals surface area (Å²) in [6.45, 7) is 0. The molecule has 5 heteroatoms. The molecule has 3 nitrogen and oxygen atoms in total. The highest BCUT2D eigenvalue weighted by atomic mass is 79.9. The summed E-state index contributed by atoms with van der Waals surface area (Å²) in [5.74, 6) is 0.735. The highest BCUT2D eigenvalue weighted by Gasteiger charge is 2.29. The normalized spacial score (nSPS) is 22.9. The van der Waals surface area contributed by atoms with Gasteiger partial charge >= 0.3 is 0 Å². The standard InChI is InChI=1S/C12H10BrNO2S/c13-7-1-2-8-9(15)6-11(16-10(8)5-7)12-14-3-4-17-12/h1-5,9,11,15H,6H2/t9-,11?/m0/s1. The Morgan fingerprint density at radius 2 is 2.35 bits per heavy atom. The first-order valence-electron chi connectivity index (χ1n) is 5.27. The van der Waals surface area contributed by atoms with Gasteiger partial charge in [-0.05, 0) is 12.1 Å². The van der Waals surface area contributed by atoms with Crippen molar-refractivity contribution in [2.24, 2.45) is 0 Å². The van der Waals surface area contributed by atoms with Crippen LogP contribution in [-0.2, 0) is 0 Å². The lowest BCUT2D eigenvalue weighted by atomic mass is 9.99. The van der Waals surface area contributed by atoms with Crippen molar-refractivity contribution in [3.63, 3.8) is 0 Å². The zero-order valence-electron chi connectivity index (χ0n) is 8.84. The lowest BCUT2D eigenvalue weighted by molar-refractivity contribution is 0.0655. The number of benzene rings is 1. The Kier molecular flexibility index (Phi) is 2.90. The van der Waals surface area contributed by atoms with E-state index >= 15 is 0 Å². The van der Waals surface area contributed by atoms with Gasteiger partial charge in [-0.2, -0.15) is 0 Å². The summed E-state index contributed by atoms with van der Waals surface area (Å²) in [4.78, 5) is 4.24. The molecular weight excluding hydrogens is 302 g/mol. The lowest BCUT2D eigenvalue weighted by Gasteiger charge is -2.28. The van der Waals surface area contributed by atoms with Crippen LogP contribution >= 0.6 is 27.3 Å². The molecule has 1 aromatic carbocycles. The summed E-state index contributed by atoms with van der Waals surface area (Å²) in [5.41, 5.74) is 0.848. The molecule has 2 heterocycles. The van der Waals surface area contributed by atoms with E-state index in [1.54, 1.807) is 17.5 Å². The molecule has 0 spiro atoms. The first-order chi connectivity index (χ1) is 8.24. The topological polar surface area (TPSA) is 42.4 Å². The first kappa shape index (κ1) is 11.2. The average Bonchev–Trinajstić information content (AvgIpc) is 2.81. The fraction of sp³-hybridized carbons (Fsp3) is 0.250. The molecule has 2 aromatic rings. The maximum Gasteiger partial charge on any atom is 0.153 e. The highest BCUT2D eigenvalue weighted by molar-refractivity contribution is 9.10. The second-order valence-electron chi connectivity index (χ2n) is 3.91. The molecule has 1 N–H and O–H groups in total. The van der Waals surface area contributed by atoms with Gasteiger partial charge < -0.3 is 9.84 Å². The quantitative estimate of drug-likeness (QED) is 0.877. The van der Waals surface area contributed by atoms with Gasteiger partial charge in [-0.1, -0.05) is 22.0 Å². The van der Waals surface area contributed by atoms with Crippen molar-refractivity contribution in [3.05, 3.63) is 44.8 Å². The molecule has 1 aromatic heterocycles. The van der Waals surface area contributed by atoms with Gasteiger partial charge in [0.2, 0.25) is 0 Å². The van der Waals surface area contributed by atoms with Gasteiger partial charge in [0.15, 0.2) is 6.10 Å². The molecule has 3 rings (SSSR count). The fourth-order valence-corrected chi connectivity index (χ4v) is 2.98. The SMILES string of the molecule is O[C@H]1CC(c2nccs2)Oc2cc(Br)ccc21.